The normalized spacial score (nSPS) is 11.5. The second-order valence-corrected chi connectivity index (χ2v) is 7.66. The van der Waals surface area contributed by atoms with Crippen molar-refractivity contribution in [1.29, 1.82) is 0 Å². The van der Waals surface area contributed by atoms with E-state index in [0.29, 0.717) is 0 Å². The molecule has 0 fully saturated rings. The third kappa shape index (κ3) is 3.66. The molecule has 4 nitrogen and oxygen atoms in total. The number of aromatic nitrogens is 2. The van der Waals surface area contributed by atoms with Crippen molar-refractivity contribution in [3.8, 4) is 5.69 Å². The molecule has 0 aliphatic heterocycles. The van der Waals surface area contributed by atoms with Gasteiger partial charge in [0.2, 0.25) is 0 Å². The molecule has 0 atom stereocenters. The van der Waals surface area contributed by atoms with Gasteiger partial charge in [-0.15, -0.1) is 0 Å². The Morgan fingerprint density at radius 2 is 1.69 bits per heavy atom. The minimum absolute atomic E-state index is 0.751. The smallest absolute Gasteiger partial charge is 0.147 e. The van der Waals surface area contributed by atoms with Crippen molar-refractivity contribution in [1.82, 2.24) is 9.55 Å². The zero-order chi connectivity index (χ0) is 20.5. The number of para-hydroxylation sites is 1. The molecule has 0 saturated carbocycles. The van der Waals surface area contributed by atoms with E-state index in [1.807, 2.05) is 30.5 Å². The van der Waals surface area contributed by atoms with Crippen molar-refractivity contribution in [2.75, 3.05) is 5.43 Å². The molecule has 0 spiro atoms. The maximum atomic E-state index is 4.65. The number of benzene rings is 2. The van der Waals surface area contributed by atoms with Crippen LogP contribution < -0.4 is 5.43 Å². The van der Waals surface area contributed by atoms with Crippen molar-refractivity contribution < 1.29 is 0 Å². The largest absolute Gasteiger partial charge is 0.318 e. The van der Waals surface area contributed by atoms with Gasteiger partial charge in [-0.25, -0.2) is 4.98 Å². The summed E-state index contributed by atoms with van der Waals surface area (Å²) in [7, 11) is 0. The van der Waals surface area contributed by atoms with Gasteiger partial charge in [0.15, 0.2) is 0 Å². The molecule has 2 heterocycles. The third-order valence-electron chi connectivity index (χ3n) is 5.37. The summed E-state index contributed by atoms with van der Waals surface area (Å²) in [5.41, 5.74) is 12.4. The summed E-state index contributed by atoms with van der Waals surface area (Å²) >= 11 is 0. The van der Waals surface area contributed by atoms with Crippen molar-refractivity contribution in [3.63, 3.8) is 0 Å². The van der Waals surface area contributed by atoms with E-state index in [1.165, 1.54) is 39.2 Å². The molecular weight excluding hydrogens is 356 g/mol. The number of aryl methyl sites for hydroxylation is 4. The van der Waals surface area contributed by atoms with Crippen LogP contribution in [0.5, 0.6) is 0 Å². The zero-order valence-corrected chi connectivity index (χ0v) is 17.6. The molecule has 146 valence electrons. The second-order valence-electron chi connectivity index (χ2n) is 7.66. The summed E-state index contributed by atoms with van der Waals surface area (Å²) in [6.07, 6.45) is 1.87. The van der Waals surface area contributed by atoms with Gasteiger partial charge in [0, 0.05) is 28.0 Å². The molecule has 0 radical (unpaired) electrons. The average molecular weight is 383 g/mol. The van der Waals surface area contributed by atoms with Crippen molar-refractivity contribution >= 4 is 22.9 Å². The Balaban J connectivity index is 1.61. The summed E-state index contributed by atoms with van der Waals surface area (Å²) in [6.45, 7) is 10.6. The van der Waals surface area contributed by atoms with Gasteiger partial charge in [-0.1, -0.05) is 35.9 Å². The van der Waals surface area contributed by atoms with Crippen LogP contribution in [-0.2, 0) is 0 Å². The molecule has 0 saturated heterocycles. The molecule has 0 unspecified atom stereocenters. The van der Waals surface area contributed by atoms with E-state index >= 15 is 0 Å². The second kappa shape index (κ2) is 7.55. The number of hydrogen-bond acceptors (Lipinski definition) is 3. The lowest BCUT2D eigenvalue weighted by Crippen LogP contribution is -2.02. The van der Waals surface area contributed by atoms with Crippen LogP contribution in [-0.4, -0.2) is 15.8 Å². The number of pyridine rings is 1. The lowest BCUT2D eigenvalue weighted by atomic mass is 10.1. The lowest BCUT2D eigenvalue weighted by molar-refractivity contribution is 0.953. The fraction of sp³-hybridized carbons (Fsp3) is 0.200. The van der Waals surface area contributed by atoms with Crippen LogP contribution in [0.2, 0.25) is 0 Å². The predicted molar refractivity (Wildman–Crippen MR) is 122 cm³/mol. The molecule has 4 heteroatoms. The molecule has 1 N–H and O–H groups in total. The van der Waals surface area contributed by atoms with Gasteiger partial charge in [0.1, 0.15) is 5.82 Å². The maximum absolute atomic E-state index is 4.65. The van der Waals surface area contributed by atoms with Crippen LogP contribution in [0.4, 0.5) is 5.82 Å². The van der Waals surface area contributed by atoms with E-state index in [9.17, 15) is 0 Å². The molecule has 0 bridgehead atoms. The number of rotatable bonds is 4. The quantitative estimate of drug-likeness (QED) is 0.347. The van der Waals surface area contributed by atoms with Gasteiger partial charge < -0.3 is 4.57 Å². The van der Waals surface area contributed by atoms with Crippen LogP contribution in [0.3, 0.4) is 0 Å². The summed E-state index contributed by atoms with van der Waals surface area (Å²) < 4.78 is 2.29. The number of nitrogens with zero attached hydrogens (tertiary/aromatic N) is 3. The van der Waals surface area contributed by atoms with Crippen LogP contribution in [0.15, 0.2) is 59.7 Å². The molecule has 29 heavy (non-hydrogen) atoms. The molecule has 4 rings (SSSR count). The highest BCUT2D eigenvalue weighted by Gasteiger charge is 2.11. The van der Waals surface area contributed by atoms with Crippen molar-refractivity contribution in [2.24, 2.45) is 5.10 Å². The Hall–Kier alpha value is -3.40. The summed E-state index contributed by atoms with van der Waals surface area (Å²) in [4.78, 5) is 4.65. The molecular formula is C25H26N4. The summed E-state index contributed by atoms with van der Waals surface area (Å²) in [6, 6.07) is 18.9. The number of hydrogen-bond donors (Lipinski definition) is 1. The van der Waals surface area contributed by atoms with Crippen molar-refractivity contribution in [2.45, 2.75) is 34.6 Å². The van der Waals surface area contributed by atoms with E-state index in [4.69, 9.17) is 0 Å². The fourth-order valence-electron chi connectivity index (χ4n) is 3.92. The van der Waals surface area contributed by atoms with E-state index in [2.05, 4.69) is 85.0 Å². The highest BCUT2D eigenvalue weighted by Crippen LogP contribution is 2.24. The molecule has 0 amide bonds. The van der Waals surface area contributed by atoms with Crippen LogP contribution in [0.1, 0.15) is 33.6 Å². The minimum atomic E-state index is 0.751. The average Bonchev–Trinajstić information content (AvgIpc) is 2.96. The maximum Gasteiger partial charge on any atom is 0.147 e. The van der Waals surface area contributed by atoms with Gasteiger partial charge in [0.05, 0.1) is 11.7 Å². The number of nitrogens with one attached hydrogen (secondary N) is 1. The first kappa shape index (κ1) is 18.9. The highest BCUT2D eigenvalue weighted by molar-refractivity contribution is 5.85. The van der Waals surface area contributed by atoms with Gasteiger partial charge in [-0.2, -0.15) is 5.10 Å². The number of anilines is 1. The van der Waals surface area contributed by atoms with Gasteiger partial charge in [0.25, 0.3) is 0 Å². The van der Waals surface area contributed by atoms with Crippen molar-refractivity contribution in [3.05, 3.63) is 88.2 Å². The summed E-state index contributed by atoms with van der Waals surface area (Å²) in [5.74, 6) is 0.751. The first-order valence-electron chi connectivity index (χ1n) is 9.86. The lowest BCUT2D eigenvalue weighted by Gasteiger charge is -2.13. The van der Waals surface area contributed by atoms with Gasteiger partial charge in [-0.05, 0) is 70.0 Å². The van der Waals surface area contributed by atoms with Gasteiger partial charge >= 0.3 is 0 Å². The predicted octanol–water partition coefficient (Wildman–Crippen LogP) is 6.01. The first-order chi connectivity index (χ1) is 13.9. The SMILES string of the molecule is Cc1ccc(-n2c(C)cc(/C=N/Nc3cc(C)c4ccccc4n3)c2C)c(C)c1. The van der Waals surface area contributed by atoms with E-state index < -0.39 is 0 Å². The highest BCUT2D eigenvalue weighted by atomic mass is 15.3. The standard InChI is InChI=1S/C25H26N4/c1-16-10-11-24(18(3)12-16)29-19(4)14-21(20(29)5)15-26-28-25-13-17(2)22-8-6-7-9-23(22)27-25/h6-15H,1-5H3,(H,27,28)/b26-15+. The Morgan fingerprint density at radius 1 is 0.897 bits per heavy atom. The third-order valence-corrected chi connectivity index (χ3v) is 5.37. The van der Waals surface area contributed by atoms with Crippen LogP contribution >= 0.6 is 0 Å². The summed E-state index contributed by atoms with van der Waals surface area (Å²) in [5, 5.41) is 5.62. The van der Waals surface area contributed by atoms with Crippen LogP contribution in [0.25, 0.3) is 16.6 Å². The minimum Gasteiger partial charge on any atom is -0.318 e. The van der Waals surface area contributed by atoms with Gasteiger partial charge in [-0.3, -0.25) is 5.43 Å². The van der Waals surface area contributed by atoms with E-state index in [0.717, 1.165) is 16.9 Å². The molecule has 0 aliphatic carbocycles. The molecule has 4 aromatic rings. The topological polar surface area (TPSA) is 42.2 Å². The number of fused-ring (bicyclic) bond motifs is 1. The Morgan fingerprint density at radius 3 is 2.48 bits per heavy atom. The van der Waals surface area contributed by atoms with E-state index in [-0.39, 0.29) is 0 Å². The molecule has 2 aromatic heterocycles. The monoisotopic (exact) mass is 382 g/mol. The van der Waals surface area contributed by atoms with Crippen LogP contribution in [0, 0.1) is 34.6 Å². The van der Waals surface area contributed by atoms with E-state index in [1.54, 1.807) is 0 Å². The molecule has 0 aliphatic rings. The number of hydrazone groups is 1. The molecule has 2 aromatic carbocycles. The fourth-order valence-corrected chi connectivity index (χ4v) is 3.92. The Bertz CT molecular complexity index is 1230. The Labute approximate surface area is 171 Å². The first-order valence-corrected chi connectivity index (χ1v) is 9.86. The Kier molecular flexibility index (Phi) is 4.93. The zero-order valence-electron chi connectivity index (χ0n) is 17.6.